The summed E-state index contributed by atoms with van der Waals surface area (Å²) in [4.78, 5) is 50.5. The monoisotopic (exact) mass is 355 g/mol. The Bertz CT molecular complexity index is 826. The highest BCUT2D eigenvalue weighted by Crippen LogP contribution is 2.35. The predicted molar refractivity (Wildman–Crippen MR) is 93.9 cm³/mol. The summed E-state index contributed by atoms with van der Waals surface area (Å²) in [6.45, 7) is 1.50. The second kappa shape index (κ2) is 5.93. The molecule has 7 heteroatoms. The number of carbonyl (C=O) groups is 4. The van der Waals surface area contributed by atoms with E-state index >= 15 is 0 Å². The zero-order valence-corrected chi connectivity index (χ0v) is 14.6. The number of amides is 4. The number of benzene rings is 1. The van der Waals surface area contributed by atoms with Crippen LogP contribution in [0.4, 0.5) is 10.5 Å². The van der Waals surface area contributed by atoms with Gasteiger partial charge in [-0.25, -0.2) is 4.79 Å². The highest BCUT2D eigenvalue weighted by Gasteiger charge is 2.51. The van der Waals surface area contributed by atoms with Gasteiger partial charge in [0.05, 0.1) is 12.5 Å². The summed E-state index contributed by atoms with van der Waals surface area (Å²) in [7, 11) is 0. The van der Waals surface area contributed by atoms with Gasteiger partial charge in [0.25, 0.3) is 5.91 Å². The largest absolute Gasteiger partial charge is 0.325 e. The quantitative estimate of drug-likeness (QED) is 0.642. The highest BCUT2D eigenvalue weighted by atomic mass is 16.2. The van der Waals surface area contributed by atoms with Crippen LogP contribution in [0.1, 0.15) is 60.9 Å². The lowest BCUT2D eigenvalue weighted by Gasteiger charge is -2.30. The second-order valence-electron chi connectivity index (χ2n) is 7.40. The summed E-state index contributed by atoms with van der Waals surface area (Å²) < 4.78 is 0. The maximum atomic E-state index is 12.8. The molecule has 0 radical (unpaired) electrons. The maximum absolute atomic E-state index is 12.8. The molecule has 1 spiro atoms. The van der Waals surface area contributed by atoms with E-state index in [4.69, 9.17) is 0 Å². The van der Waals surface area contributed by atoms with Gasteiger partial charge in [0, 0.05) is 11.3 Å². The first-order valence-electron chi connectivity index (χ1n) is 9.03. The van der Waals surface area contributed by atoms with E-state index in [0.717, 1.165) is 29.7 Å². The van der Waals surface area contributed by atoms with Gasteiger partial charge in [0.15, 0.2) is 5.78 Å². The molecule has 0 bridgehead atoms. The van der Waals surface area contributed by atoms with Gasteiger partial charge in [-0.3, -0.25) is 19.3 Å². The number of rotatable bonds is 3. The molecule has 3 aliphatic rings. The van der Waals surface area contributed by atoms with E-state index in [1.54, 1.807) is 25.1 Å². The first-order valence-corrected chi connectivity index (χ1v) is 9.03. The molecule has 4 amide bonds. The summed E-state index contributed by atoms with van der Waals surface area (Å²) >= 11 is 0. The number of imide groups is 1. The molecule has 1 aliphatic carbocycles. The summed E-state index contributed by atoms with van der Waals surface area (Å²) in [5.41, 5.74) is 1.05. The molecule has 7 nitrogen and oxygen atoms in total. The van der Waals surface area contributed by atoms with Crippen molar-refractivity contribution in [3.05, 3.63) is 29.3 Å². The molecule has 1 aromatic rings. The zero-order valence-electron chi connectivity index (χ0n) is 14.6. The first-order chi connectivity index (χ1) is 12.4. The van der Waals surface area contributed by atoms with Gasteiger partial charge in [0.1, 0.15) is 5.54 Å². The molecular formula is C19H21N3O4. The predicted octanol–water partition coefficient (Wildman–Crippen LogP) is 2.18. The van der Waals surface area contributed by atoms with Crippen molar-refractivity contribution in [3.8, 4) is 0 Å². The minimum Gasteiger partial charge on any atom is -0.325 e. The average molecular weight is 355 g/mol. The van der Waals surface area contributed by atoms with Gasteiger partial charge in [0.2, 0.25) is 5.91 Å². The third-order valence-electron chi connectivity index (χ3n) is 5.75. The standard InChI is InChI=1S/C19H21N3O4/c1-11-13-9-12(5-6-14(13)20-16(11)24)15(23)10-22-17(25)19(21-18(22)26)7-3-2-4-8-19/h5-6,9,11H,2-4,7-8,10H2,1H3,(H,20,24)(H,21,26)/t11-/m0/s1. The molecular weight excluding hydrogens is 334 g/mol. The van der Waals surface area contributed by atoms with Crippen molar-refractivity contribution in [2.24, 2.45) is 0 Å². The maximum Gasteiger partial charge on any atom is 0.325 e. The number of ketones is 1. The number of Topliss-reactive ketones (excluding diaryl/α,β-unsaturated/α-hetero) is 1. The Morgan fingerprint density at radius 2 is 1.92 bits per heavy atom. The van der Waals surface area contributed by atoms with Gasteiger partial charge in [-0.05, 0) is 43.5 Å². The molecule has 2 N–H and O–H groups in total. The van der Waals surface area contributed by atoms with Crippen LogP contribution in [-0.4, -0.2) is 40.6 Å². The molecule has 2 heterocycles. The van der Waals surface area contributed by atoms with E-state index in [1.165, 1.54) is 0 Å². The molecule has 26 heavy (non-hydrogen) atoms. The van der Waals surface area contributed by atoms with E-state index in [0.29, 0.717) is 24.1 Å². The Kier molecular flexibility index (Phi) is 3.82. The first kappa shape index (κ1) is 16.8. The van der Waals surface area contributed by atoms with Gasteiger partial charge < -0.3 is 10.6 Å². The van der Waals surface area contributed by atoms with Crippen LogP contribution in [0.5, 0.6) is 0 Å². The number of anilines is 1. The van der Waals surface area contributed by atoms with Crippen molar-refractivity contribution >= 4 is 29.3 Å². The SMILES string of the molecule is C[C@@H]1C(=O)Nc2ccc(C(=O)CN3C(=O)NC4(CCCCC4)C3=O)cc21. The normalized spacial score (nSPS) is 23.8. The van der Waals surface area contributed by atoms with Crippen LogP contribution in [0.2, 0.25) is 0 Å². The summed E-state index contributed by atoms with van der Waals surface area (Å²) in [6.07, 6.45) is 4.12. The van der Waals surface area contributed by atoms with E-state index < -0.39 is 11.6 Å². The summed E-state index contributed by atoms with van der Waals surface area (Å²) in [5.74, 6) is -1.02. The Balaban J connectivity index is 1.53. The second-order valence-corrected chi connectivity index (χ2v) is 7.40. The van der Waals surface area contributed by atoms with E-state index in [2.05, 4.69) is 10.6 Å². The molecule has 4 rings (SSSR count). The van der Waals surface area contributed by atoms with Crippen molar-refractivity contribution in [1.29, 1.82) is 0 Å². The number of nitrogens with zero attached hydrogens (tertiary/aromatic N) is 1. The van der Waals surface area contributed by atoms with Crippen LogP contribution >= 0.6 is 0 Å². The molecule has 136 valence electrons. The van der Waals surface area contributed by atoms with Gasteiger partial charge in [-0.2, -0.15) is 0 Å². The van der Waals surface area contributed by atoms with E-state index in [-0.39, 0.29) is 30.1 Å². The molecule has 0 aromatic heterocycles. The van der Waals surface area contributed by atoms with Gasteiger partial charge >= 0.3 is 6.03 Å². The third kappa shape index (κ3) is 2.50. The molecule has 1 aromatic carbocycles. The number of hydrogen-bond donors (Lipinski definition) is 2. The molecule has 2 aliphatic heterocycles. The smallest absolute Gasteiger partial charge is 0.325 e. The fourth-order valence-electron chi connectivity index (χ4n) is 4.14. The van der Waals surface area contributed by atoms with Crippen molar-refractivity contribution in [1.82, 2.24) is 10.2 Å². The lowest BCUT2D eigenvalue weighted by molar-refractivity contribution is -0.132. The van der Waals surface area contributed by atoms with E-state index in [9.17, 15) is 19.2 Å². The summed E-state index contributed by atoms with van der Waals surface area (Å²) in [6, 6.07) is 4.50. The lowest BCUT2D eigenvalue weighted by atomic mass is 9.82. The third-order valence-corrected chi connectivity index (χ3v) is 5.75. The van der Waals surface area contributed by atoms with Crippen LogP contribution in [0, 0.1) is 0 Å². The van der Waals surface area contributed by atoms with Crippen LogP contribution in [0.3, 0.4) is 0 Å². The Morgan fingerprint density at radius 1 is 1.19 bits per heavy atom. The Labute approximate surface area is 151 Å². The average Bonchev–Trinajstić information content (AvgIpc) is 3.04. The Hall–Kier alpha value is -2.70. The van der Waals surface area contributed by atoms with Crippen molar-refractivity contribution in [2.75, 3.05) is 11.9 Å². The molecule has 1 saturated heterocycles. The number of urea groups is 1. The van der Waals surface area contributed by atoms with Crippen LogP contribution < -0.4 is 10.6 Å². The minimum atomic E-state index is -0.821. The molecule has 2 fully saturated rings. The number of nitrogens with one attached hydrogen (secondary N) is 2. The highest BCUT2D eigenvalue weighted by molar-refractivity contribution is 6.11. The number of hydrogen-bond acceptors (Lipinski definition) is 4. The minimum absolute atomic E-state index is 0.0991. The van der Waals surface area contributed by atoms with Crippen molar-refractivity contribution in [3.63, 3.8) is 0 Å². The zero-order chi connectivity index (χ0) is 18.5. The molecule has 1 saturated carbocycles. The van der Waals surface area contributed by atoms with Crippen molar-refractivity contribution < 1.29 is 19.2 Å². The van der Waals surface area contributed by atoms with Crippen molar-refractivity contribution in [2.45, 2.75) is 50.5 Å². The van der Waals surface area contributed by atoms with Gasteiger partial charge in [-0.15, -0.1) is 0 Å². The fourth-order valence-corrected chi connectivity index (χ4v) is 4.14. The Morgan fingerprint density at radius 3 is 2.65 bits per heavy atom. The topological polar surface area (TPSA) is 95.6 Å². The van der Waals surface area contributed by atoms with Gasteiger partial charge in [-0.1, -0.05) is 19.3 Å². The van der Waals surface area contributed by atoms with Crippen LogP contribution in [0.15, 0.2) is 18.2 Å². The van der Waals surface area contributed by atoms with Crippen LogP contribution in [-0.2, 0) is 9.59 Å². The van der Waals surface area contributed by atoms with Crippen LogP contribution in [0.25, 0.3) is 0 Å². The fraction of sp³-hybridized carbons (Fsp3) is 0.474. The molecule has 0 unspecified atom stereocenters. The molecule has 1 atom stereocenters. The summed E-state index contributed by atoms with van der Waals surface area (Å²) in [5, 5.41) is 5.57. The number of fused-ring (bicyclic) bond motifs is 1. The van der Waals surface area contributed by atoms with E-state index in [1.807, 2.05) is 0 Å². The lowest BCUT2D eigenvalue weighted by Crippen LogP contribution is -2.48. The number of carbonyl (C=O) groups excluding carboxylic acids is 4.